The fraction of sp³-hybridized carbons (Fsp3) is 0.103. The molecule has 7 rings (SSSR count). The lowest BCUT2D eigenvalue weighted by Crippen LogP contribution is -2.28. The molecular formula is C29H21N5. The highest BCUT2D eigenvalue weighted by Crippen LogP contribution is 2.47. The number of nitrogens with zero attached hydrogens (tertiary/aromatic N) is 5. The number of aromatic nitrogens is 5. The first-order valence-electron chi connectivity index (χ1n) is 11.4. The average Bonchev–Trinajstić information content (AvgIpc) is 3.22. The third kappa shape index (κ3) is 2.55. The van der Waals surface area contributed by atoms with Gasteiger partial charge in [-0.2, -0.15) is 0 Å². The Bertz CT molecular complexity index is 1720. The molecule has 5 nitrogen and oxygen atoms in total. The van der Waals surface area contributed by atoms with Crippen molar-refractivity contribution >= 4 is 21.8 Å². The van der Waals surface area contributed by atoms with Crippen LogP contribution >= 0.6 is 0 Å². The van der Waals surface area contributed by atoms with Gasteiger partial charge in [0.1, 0.15) is 0 Å². The Morgan fingerprint density at radius 1 is 0.647 bits per heavy atom. The highest BCUT2D eigenvalue weighted by molar-refractivity contribution is 6.13. The fourth-order valence-corrected chi connectivity index (χ4v) is 5.28. The molecule has 0 unspecified atom stereocenters. The second-order valence-electron chi connectivity index (χ2n) is 9.27. The second kappa shape index (κ2) is 6.81. The molecule has 0 bridgehead atoms. The van der Waals surface area contributed by atoms with Crippen molar-refractivity contribution in [3.05, 3.63) is 103 Å². The Morgan fingerprint density at radius 2 is 1.35 bits per heavy atom. The van der Waals surface area contributed by atoms with Crippen molar-refractivity contribution in [2.45, 2.75) is 19.3 Å². The zero-order valence-corrected chi connectivity index (χ0v) is 18.9. The standard InChI is InChI=1S/C29H21N5/c1-29(2)22-17-19(24-8-4-6-12-31-24)16-21-20-15-18(23-7-3-5-11-30-23)9-10-25(20)34(26(21)22)28-27(29)32-13-14-33-28/h3-17H,1-2H3. The van der Waals surface area contributed by atoms with Crippen molar-refractivity contribution in [3.63, 3.8) is 0 Å². The Hall–Kier alpha value is -4.38. The number of rotatable bonds is 2. The lowest BCUT2D eigenvalue weighted by Gasteiger charge is -2.32. The van der Waals surface area contributed by atoms with Crippen LogP contribution in [0.4, 0.5) is 0 Å². The molecule has 5 heterocycles. The first kappa shape index (κ1) is 19.1. The zero-order chi connectivity index (χ0) is 22.9. The zero-order valence-electron chi connectivity index (χ0n) is 18.9. The highest BCUT2D eigenvalue weighted by Gasteiger charge is 2.37. The lowest BCUT2D eigenvalue weighted by molar-refractivity contribution is 0.599. The molecule has 0 saturated heterocycles. The molecule has 0 aliphatic carbocycles. The van der Waals surface area contributed by atoms with Gasteiger partial charge in [0.25, 0.3) is 0 Å². The number of hydrogen-bond acceptors (Lipinski definition) is 4. The third-order valence-electron chi connectivity index (χ3n) is 6.94. The van der Waals surface area contributed by atoms with Gasteiger partial charge in [0, 0.05) is 52.1 Å². The molecule has 0 spiro atoms. The number of hydrogen-bond donors (Lipinski definition) is 0. The van der Waals surface area contributed by atoms with Crippen LogP contribution in [0, 0.1) is 0 Å². The van der Waals surface area contributed by atoms with Gasteiger partial charge in [-0.1, -0.05) is 18.2 Å². The Morgan fingerprint density at radius 3 is 2.09 bits per heavy atom. The summed E-state index contributed by atoms with van der Waals surface area (Å²) in [5.74, 6) is 0.899. The van der Waals surface area contributed by atoms with Gasteiger partial charge in [-0.15, -0.1) is 0 Å². The van der Waals surface area contributed by atoms with Crippen LogP contribution < -0.4 is 0 Å². The van der Waals surface area contributed by atoms with E-state index in [1.54, 1.807) is 12.4 Å². The molecule has 6 aromatic rings. The van der Waals surface area contributed by atoms with E-state index in [4.69, 9.17) is 9.97 Å². The molecule has 162 valence electrons. The second-order valence-corrected chi connectivity index (χ2v) is 9.27. The highest BCUT2D eigenvalue weighted by atomic mass is 15.1. The molecular weight excluding hydrogens is 418 g/mol. The molecule has 0 radical (unpaired) electrons. The summed E-state index contributed by atoms with van der Waals surface area (Å²) in [4.78, 5) is 18.8. The van der Waals surface area contributed by atoms with Gasteiger partial charge < -0.3 is 0 Å². The third-order valence-corrected chi connectivity index (χ3v) is 6.94. The van der Waals surface area contributed by atoms with Crippen molar-refractivity contribution in [1.82, 2.24) is 24.5 Å². The van der Waals surface area contributed by atoms with Crippen molar-refractivity contribution in [2.24, 2.45) is 0 Å². The van der Waals surface area contributed by atoms with Gasteiger partial charge in [0.2, 0.25) is 0 Å². The minimum Gasteiger partial charge on any atom is -0.292 e. The fourth-order valence-electron chi connectivity index (χ4n) is 5.28. The van der Waals surface area contributed by atoms with Crippen LogP contribution in [0.1, 0.15) is 25.1 Å². The van der Waals surface area contributed by atoms with Gasteiger partial charge >= 0.3 is 0 Å². The molecule has 0 amide bonds. The van der Waals surface area contributed by atoms with E-state index in [0.717, 1.165) is 39.5 Å². The number of pyridine rings is 2. The Kier molecular flexibility index (Phi) is 3.83. The van der Waals surface area contributed by atoms with E-state index < -0.39 is 0 Å². The van der Waals surface area contributed by atoms with E-state index in [0.29, 0.717) is 0 Å². The van der Waals surface area contributed by atoms with Crippen LogP contribution in [-0.4, -0.2) is 24.5 Å². The smallest absolute Gasteiger partial charge is 0.160 e. The van der Waals surface area contributed by atoms with Gasteiger partial charge in [0.15, 0.2) is 5.82 Å². The SMILES string of the molecule is CC1(C)c2nccnc2-n2c3ccc(-c4ccccn4)cc3c3cc(-c4ccccn4)cc1c32. The Labute approximate surface area is 196 Å². The van der Waals surface area contributed by atoms with Crippen LogP contribution in [0.25, 0.3) is 50.1 Å². The van der Waals surface area contributed by atoms with Crippen LogP contribution in [0.5, 0.6) is 0 Å². The molecule has 0 N–H and O–H groups in total. The molecule has 1 aliphatic rings. The average molecular weight is 440 g/mol. The topological polar surface area (TPSA) is 56.5 Å². The van der Waals surface area contributed by atoms with Crippen LogP contribution in [0.2, 0.25) is 0 Å². The van der Waals surface area contributed by atoms with Crippen LogP contribution in [0.3, 0.4) is 0 Å². The van der Waals surface area contributed by atoms with Crippen molar-refractivity contribution in [3.8, 4) is 28.3 Å². The van der Waals surface area contributed by atoms with E-state index in [2.05, 4.69) is 64.8 Å². The number of benzene rings is 2. The monoisotopic (exact) mass is 439 g/mol. The van der Waals surface area contributed by atoms with E-state index >= 15 is 0 Å². The molecule has 0 saturated carbocycles. The van der Waals surface area contributed by atoms with Crippen LogP contribution in [-0.2, 0) is 5.41 Å². The van der Waals surface area contributed by atoms with Crippen molar-refractivity contribution in [1.29, 1.82) is 0 Å². The summed E-state index contributed by atoms with van der Waals surface area (Å²) in [5.41, 5.74) is 8.33. The summed E-state index contributed by atoms with van der Waals surface area (Å²) in [6.07, 6.45) is 7.25. The molecule has 0 fully saturated rings. The van der Waals surface area contributed by atoms with Gasteiger partial charge in [-0.25, -0.2) is 4.98 Å². The quantitative estimate of drug-likeness (QED) is 0.316. The lowest BCUT2D eigenvalue weighted by atomic mass is 9.77. The first-order chi connectivity index (χ1) is 16.6. The molecule has 0 atom stereocenters. The molecule has 34 heavy (non-hydrogen) atoms. The maximum absolute atomic E-state index is 4.80. The van der Waals surface area contributed by atoms with Crippen molar-refractivity contribution in [2.75, 3.05) is 0 Å². The summed E-state index contributed by atoms with van der Waals surface area (Å²) in [6.45, 7) is 4.47. The number of fused-ring (bicyclic) bond motifs is 5. The van der Waals surface area contributed by atoms with Gasteiger partial charge in [-0.3, -0.25) is 19.5 Å². The molecule has 2 aromatic carbocycles. The van der Waals surface area contributed by atoms with E-state index in [-0.39, 0.29) is 5.41 Å². The van der Waals surface area contributed by atoms with Crippen molar-refractivity contribution < 1.29 is 0 Å². The van der Waals surface area contributed by atoms with Crippen LogP contribution in [0.15, 0.2) is 91.5 Å². The maximum Gasteiger partial charge on any atom is 0.160 e. The molecule has 4 aromatic heterocycles. The normalized spacial score (nSPS) is 13.8. The minimum atomic E-state index is -0.305. The largest absolute Gasteiger partial charge is 0.292 e. The summed E-state index contributed by atoms with van der Waals surface area (Å²) >= 11 is 0. The first-order valence-corrected chi connectivity index (χ1v) is 11.4. The Balaban J connectivity index is 1.65. The summed E-state index contributed by atoms with van der Waals surface area (Å²) in [6, 6.07) is 23.2. The maximum atomic E-state index is 4.80. The van der Waals surface area contributed by atoms with Gasteiger partial charge in [0.05, 0.1) is 28.1 Å². The van der Waals surface area contributed by atoms with E-state index in [1.807, 2.05) is 42.7 Å². The molecule has 1 aliphatic heterocycles. The molecule has 5 heteroatoms. The van der Waals surface area contributed by atoms with E-state index in [9.17, 15) is 0 Å². The summed E-state index contributed by atoms with van der Waals surface area (Å²) in [7, 11) is 0. The predicted molar refractivity (Wildman–Crippen MR) is 135 cm³/mol. The summed E-state index contributed by atoms with van der Waals surface area (Å²) in [5, 5.41) is 2.36. The summed E-state index contributed by atoms with van der Waals surface area (Å²) < 4.78 is 2.28. The van der Waals surface area contributed by atoms with Gasteiger partial charge in [-0.05, 0) is 67.9 Å². The minimum absolute atomic E-state index is 0.305. The predicted octanol–water partition coefficient (Wildman–Crippen LogP) is 6.34. The van der Waals surface area contributed by atoms with E-state index in [1.165, 1.54) is 21.9 Å².